The van der Waals surface area contributed by atoms with Crippen LogP contribution < -0.4 is 0 Å². The molecule has 0 aromatic rings. The van der Waals surface area contributed by atoms with Crippen LogP contribution in [0.15, 0.2) is 33.7 Å². The van der Waals surface area contributed by atoms with Crippen molar-refractivity contribution in [1.29, 1.82) is 0 Å². The van der Waals surface area contributed by atoms with E-state index in [1.165, 1.54) is 25.7 Å². The Kier molecular flexibility index (Phi) is 4.65. The third-order valence-electron chi connectivity index (χ3n) is 4.73. The Hall–Kier alpha value is -1.58. The van der Waals surface area contributed by atoms with Crippen LogP contribution in [-0.4, -0.2) is 29.2 Å². The van der Waals surface area contributed by atoms with Crippen LogP contribution in [0.4, 0.5) is 0 Å². The fourth-order valence-corrected chi connectivity index (χ4v) is 3.35. The first kappa shape index (κ1) is 15.3. The minimum atomic E-state index is 0.00899. The van der Waals surface area contributed by atoms with Gasteiger partial charge in [0.2, 0.25) is 0 Å². The molecule has 3 atom stereocenters. The number of hydrogen-bond acceptors (Lipinski definition) is 4. The van der Waals surface area contributed by atoms with Crippen molar-refractivity contribution in [3.8, 4) is 0 Å². The molecule has 1 saturated heterocycles. The first-order chi connectivity index (χ1) is 10.7. The molecule has 0 aliphatic carbocycles. The smallest absolute Gasteiger partial charge is 0.161 e. The van der Waals surface area contributed by atoms with E-state index in [4.69, 9.17) is 4.74 Å². The van der Waals surface area contributed by atoms with Gasteiger partial charge in [0, 0.05) is 5.92 Å². The van der Waals surface area contributed by atoms with Crippen molar-refractivity contribution in [3.05, 3.63) is 23.6 Å². The normalized spacial score (nSPS) is 35.3. The average Bonchev–Trinajstić information content (AvgIpc) is 2.94. The Morgan fingerprint density at radius 2 is 2.09 bits per heavy atom. The predicted molar refractivity (Wildman–Crippen MR) is 90.8 cm³/mol. The number of allylic oxidation sites excluding steroid dienone is 3. The Labute approximate surface area is 133 Å². The first-order valence-corrected chi connectivity index (χ1v) is 8.65. The minimum Gasteiger partial charge on any atom is -0.492 e. The van der Waals surface area contributed by atoms with Gasteiger partial charge in [-0.1, -0.05) is 26.7 Å². The van der Waals surface area contributed by atoms with Gasteiger partial charge in [-0.05, 0) is 44.8 Å². The summed E-state index contributed by atoms with van der Waals surface area (Å²) in [6.45, 7) is 6.51. The number of hydrazone groups is 1. The molecule has 22 heavy (non-hydrogen) atoms. The van der Waals surface area contributed by atoms with Gasteiger partial charge in [0.25, 0.3) is 0 Å². The number of hydrogen-bond donors (Lipinski definition) is 0. The molecule has 0 aromatic heterocycles. The summed E-state index contributed by atoms with van der Waals surface area (Å²) in [5.41, 5.74) is 2.07. The van der Waals surface area contributed by atoms with Crippen molar-refractivity contribution in [2.24, 2.45) is 16.0 Å². The summed E-state index contributed by atoms with van der Waals surface area (Å²) in [5, 5.41) is 6.68. The second-order valence-corrected chi connectivity index (χ2v) is 6.57. The van der Waals surface area contributed by atoms with Crippen molar-refractivity contribution in [2.75, 3.05) is 0 Å². The highest BCUT2D eigenvalue weighted by atomic mass is 16.5. The van der Waals surface area contributed by atoms with Crippen LogP contribution in [0.3, 0.4) is 0 Å². The zero-order valence-electron chi connectivity index (χ0n) is 14.0. The molecule has 3 unspecified atom stereocenters. The molecule has 1 fully saturated rings. The van der Waals surface area contributed by atoms with Crippen molar-refractivity contribution in [2.45, 2.75) is 71.6 Å². The monoisotopic (exact) mass is 301 g/mol. The lowest BCUT2D eigenvalue weighted by Crippen LogP contribution is -2.29. The molecule has 0 saturated carbocycles. The molecule has 4 heteroatoms. The predicted octanol–water partition coefficient (Wildman–Crippen LogP) is 4.25. The fraction of sp³-hybridized carbons (Fsp3) is 0.667. The molecule has 120 valence electrons. The summed E-state index contributed by atoms with van der Waals surface area (Å²) >= 11 is 0. The third kappa shape index (κ3) is 3.11. The SMILES string of the molecule is CCC1CCCCCC(C)/C(=C2/C=NC3C=CC(C)=NN23)O1. The third-order valence-corrected chi connectivity index (χ3v) is 4.73. The largest absolute Gasteiger partial charge is 0.492 e. The lowest BCUT2D eigenvalue weighted by molar-refractivity contribution is 0.0792. The van der Waals surface area contributed by atoms with Gasteiger partial charge in [0.05, 0.1) is 18.0 Å². The molecule has 0 spiro atoms. The van der Waals surface area contributed by atoms with Gasteiger partial charge in [0.1, 0.15) is 11.5 Å². The second-order valence-electron chi connectivity index (χ2n) is 6.57. The van der Waals surface area contributed by atoms with E-state index in [0.29, 0.717) is 12.0 Å². The molecule has 3 rings (SSSR count). The van der Waals surface area contributed by atoms with E-state index in [1.54, 1.807) is 0 Å². The maximum Gasteiger partial charge on any atom is 0.161 e. The highest BCUT2D eigenvalue weighted by Gasteiger charge is 2.31. The van der Waals surface area contributed by atoms with Crippen molar-refractivity contribution in [3.63, 3.8) is 0 Å². The molecule has 3 heterocycles. The van der Waals surface area contributed by atoms with E-state index >= 15 is 0 Å². The highest BCUT2D eigenvalue weighted by Crippen LogP contribution is 2.33. The van der Waals surface area contributed by atoms with Crippen LogP contribution >= 0.6 is 0 Å². The van der Waals surface area contributed by atoms with Crippen LogP contribution in [-0.2, 0) is 4.74 Å². The number of rotatable bonds is 1. The zero-order chi connectivity index (χ0) is 15.5. The first-order valence-electron chi connectivity index (χ1n) is 8.65. The Balaban J connectivity index is 1.93. The molecule has 3 aliphatic rings. The summed E-state index contributed by atoms with van der Waals surface area (Å²) in [4.78, 5) is 4.58. The molecule has 4 nitrogen and oxygen atoms in total. The highest BCUT2D eigenvalue weighted by molar-refractivity contribution is 5.94. The number of ether oxygens (including phenoxy) is 1. The molecule has 0 radical (unpaired) electrons. The van der Waals surface area contributed by atoms with Crippen LogP contribution in [0.2, 0.25) is 0 Å². The summed E-state index contributed by atoms with van der Waals surface area (Å²) < 4.78 is 6.45. The molecular weight excluding hydrogens is 274 g/mol. The van der Waals surface area contributed by atoms with Crippen LogP contribution in [0.1, 0.15) is 59.3 Å². The summed E-state index contributed by atoms with van der Waals surface area (Å²) in [6.07, 6.45) is 13.7. The Morgan fingerprint density at radius 3 is 2.91 bits per heavy atom. The maximum absolute atomic E-state index is 6.45. The van der Waals surface area contributed by atoms with E-state index < -0.39 is 0 Å². The quantitative estimate of drug-likeness (QED) is 0.726. The average molecular weight is 301 g/mol. The van der Waals surface area contributed by atoms with E-state index in [-0.39, 0.29) is 6.17 Å². The van der Waals surface area contributed by atoms with Crippen LogP contribution in [0, 0.1) is 5.92 Å². The lowest BCUT2D eigenvalue weighted by Gasteiger charge is -2.28. The van der Waals surface area contributed by atoms with Gasteiger partial charge in [-0.3, -0.25) is 4.99 Å². The van der Waals surface area contributed by atoms with Crippen molar-refractivity contribution < 1.29 is 4.74 Å². The van der Waals surface area contributed by atoms with E-state index in [2.05, 4.69) is 30.0 Å². The second kappa shape index (κ2) is 6.67. The fourth-order valence-electron chi connectivity index (χ4n) is 3.35. The summed E-state index contributed by atoms with van der Waals surface area (Å²) in [5.74, 6) is 1.51. The number of nitrogens with zero attached hydrogens (tertiary/aromatic N) is 3. The minimum absolute atomic E-state index is 0.00899. The lowest BCUT2D eigenvalue weighted by atomic mass is 10.00. The Bertz CT molecular complexity index is 532. The molecule has 0 N–H and O–H groups in total. The van der Waals surface area contributed by atoms with Crippen LogP contribution in [0.25, 0.3) is 0 Å². The van der Waals surface area contributed by atoms with Crippen LogP contribution in [0.5, 0.6) is 0 Å². The molecule has 3 aliphatic heterocycles. The van der Waals surface area contributed by atoms with E-state index in [1.807, 2.05) is 24.2 Å². The standard InChI is InChI=1S/C18H27N3O/c1-4-15-9-7-5-6-8-13(2)18(22-15)16-12-19-17-11-10-14(3)20-21(16)17/h10-13,15,17H,4-9H2,1-3H3/b18-16+. The van der Waals surface area contributed by atoms with E-state index in [0.717, 1.165) is 30.0 Å². The maximum atomic E-state index is 6.45. The molecular formula is C18H27N3O. The van der Waals surface area contributed by atoms with Crippen molar-refractivity contribution >= 4 is 11.9 Å². The summed E-state index contributed by atoms with van der Waals surface area (Å²) in [6, 6.07) is 0. The van der Waals surface area contributed by atoms with Gasteiger partial charge >= 0.3 is 0 Å². The van der Waals surface area contributed by atoms with Gasteiger partial charge in [-0.25, -0.2) is 5.01 Å². The van der Waals surface area contributed by atoms with Gasteiger partial charge in [0.15, 0.2) is 6.17 Å². The van der Waals surface area contributed by atoms with Gasteiger partial charge in [-0.15, -0.1) is 0 Å². The molecule has 0 amide bonds. The number of aliphatic imine (C=N–C) groups is 1. The van der Waals surface area contributed by atoms with Gasteiger partial charge < -0.3 is 4.74 Å². The number of fused-ring (bicyclic) bond motifs is 1. The molecule has 0 bridgehead atoms. The van der Waals surface area contributed by atoms with Gasteiger partial charge in [-0.2, -0.15) is 5.10 Å². The summed E-state index contributed by atoms with van der Waals surface area (Å²) in [7, 11) is 0. The van der Waals surface area contributed by atoms with Crippen molar-refractivity contribution in [1.82, 2.24) is 5.01 Å². The zero-order valence-corrected chi connectivity index (χ0v) is 14.0. The Morgan fingerprint density at radius 1 is 1.27 bits per heavy atom. The van der Waals surface area contributed by atoms with E-state index in [9.17, 15) is 0 Å². The topological polar surface area (TPSA) is 37.2 Å². The molecule has 0 aromatic carbocycles.